The lowest BCUT2D eigenvalue weighted by atomic mass is 10.0. The fourth-order valence-corrected chi connectivity index (χ4v) is 1.18. The lowest BCUT2D eigenvalue weighted by Gasteiger charge is -2.02. The molecule has 1 nitrogen and oxygen atoms in total. The van der Waals surface area contributed by atoms with Gasteiger partial charge in [0.1, 0.15) is 5.76 Å². The second-order valence-electron chi connectivity index (χ2n) is 3.03. The van der Waals surface area contributed by atoms with Crippen LogP contribution in [0.3, 0.4) is 0 Å². The first kappa shape index (κ1) is 9.67. The lowest BCUT2D eigenvalue weighted by Crippen LogP contribution is -1.95. The average Bonchev–Trinajstić information content (AvgIpc) is 2.54. The summed E-state index contributed by atoms with van der Waals surface area (Å²) in [7, 11) is 0. The average molecular weight is 173 g/mol. The minimum absolute atomic E-state index is 0.0458. The molecule has 1 atom stereocenters. The molecule has 1 aromatic rings. The van der Waals surface area contributed by atoms with Gasteiger partial charge in [-0.25, -0.2) is 0 Å². The normalized spacial score (nSPS) is 12.0. The van der Waals surface area contributed by atoms with E-state index in [0.29, 0.717) is 0 Å². The molecule has 0 saturated carbocycles. The molecule has 0 bridgehead atoms. The highest BCUT2D eigenvalue weighted by molar-refractivity contribution is 5.15. The number of rotatable bonds is 4. The third-order valence-electron chi connectivity index (χ3n) is 2.10. The van der Waals surface area contributed by atoms with Crippen molar-refractivity contribution in [3.63, 3.8) is 0 Å². The summed E-state index contributed by atoms with van der Waals surface area (Å²) in [6.07, 6.45) is 10.2. The minimum Gasteiger partial charge on any atom is -0.469 e. The van der Waals surface area contributed by atoms with Gasteiger partial charge in [-0.15, -0.1) is 6.42 Å². The molecular formula is C12H13O. The number of hydrogen-bond donors (Lipinski definition) is 0. The molecule has 67 valence electrons. The van der Waals surface area contributed by atoms with Gasteiger partial charge in [-0.05, 0) is 25.0 Å². The fraction of sp³-hybridized carbons (Fsp3) is 0.333. The van der Waals surface area contributed by atoms with Gasteiger partial charge in [0.2, 0.25) is 0 Å². The van der Waals surface area contributed by atoms with E-state index in [1.807, 2.05) is 13.0 Å². The van der Waals surface area contributed by atoms with Crippen molar-refractivity contribution in [3.05, 3.63) is 36.3 Å². The van der Waals surface area contributed by atoms with Crippen molar-refractivity contribution in [3.8, 4) is 12.3 Å². The van der Waals surface area contributed by atoms with Crippen LogP contribution in [0, 0.1) is 31.8 Å². The Morgan fingerprint density at radius 2 is 2.46 bits per heavy atom. The Labute approximate surface area is 79.5 Å². The van der Waals surface area contributed by atoms with Crippen molar-refractivity contribution in [1.82, 2.24) is 0 Å². The van der Waals surface area contributed by atoms with Crippen molar-refractivity contribution in [2.45, 2.75) is 19.8 Å². The van der Waals surface area contributed by atoms with Gasteiger partial charge in [-0.1, -0.05) is 18.6 Å². The molecular weight excluding hydrogens is 160 g/mol. The Morgan fingerprint density at radius 1 is 1.69 bits per heavy atom. The van der Waals surface area contributed by atoms with E-state index in [2.05, 4.69) is 5.92 Å². The second kappa shape index (κ2) is 4.57. The van der Waals surface area contributed by atoms with Crippen LogP contribution in [0.25, 0.3) is 0 Å². The maximum Gasteiger partial charge on any atom is 0.106 e. The fourth-order valence-electron chi connectivity index (χ4n) is 1.18. The quantitative estimate of drug-likeness (QED) is 0.638. The van der Waals surface area contributed by atoms with Crippen LogP contribution in [0.15, 0.2) is 22.8 Å². The van der Waals surface area contributed by atoms with Gasteiger partial charge in [0.15, 0.2) is 0 Å². The van der Waals surface area contributed by atoms with Gasteiger partial charge in [-0.3, -0.25) is 0 Å². The van der Waals surface area contributed by atoms with Gasteiger partial charge in [0.25, 0.3) is 0 Å². The third kappa shape index (κ3) is 2.52. The molecule has 0 aliphatic rings. The molecule has 0 aliphatic carbocycles. The molecule has 13 heavy (non-hydrogen) atoms. The van der Waals surface area contributed by atoms with Gasteiger partial charge >= 0.3 is 0 Å². The largest absolute Gasteiger partial charge is 0.469 e. The van der Waals surface area contributed by atoms with Crippen LogP contribution < -0.4 is 0 Å². The zero-order valence-corrected chi connectivity index (χ0v) is 7.79. The molecule has 1 rings (SSSR count). The van der Waals surface area contributed by atoms with Crippen LogP contribution in [0.4, 0.5) is 0 Å². The highest BCUT2D eigenvalue weighted by atomic mass is 16.3. The van der Waals surface area contributed by atoms with Crippen LogP contribution in [-0.2, 0) is 6.42 Å². The molecule has 0 saturated heterocycles. The number of furan rings is 1. The highest BCUT2D eigenvalue weighted by Gasteiger charge is 2.04. The highest BCUT2D eigenvalue weighted by Crippen LogP contribution is 2.14. The minimum atomic E-state index is 0.0458. The summed E-state index contributed by atoms with van der Waals surface area (Å²) < 4.78 is 5.28. The van der Waals surface area contributed by atoms with E-state index in [-0.39, 0.29) is 5.92 Å². The van der Waals surface area contributed by atoms with E-state index >= 15 is 0 Å². The maximum atomic E-state index is 5.36. The molecule has 0 fully saturated rings. The zero-order valence-electron chi connectivity index (χ0n) is 7.79. The van der Waals surface area contributed by atoms with E-state index < -0.39 is 0 Å². The summed E-state index contributed by atoms with van der Waals surface area (Å²) in [5.74, 6) is 3.66. The summed E-state index contributed by atoms with van der Waals surface area (Å²) in [6.45, 7) is 7.39. The van der Waals surface area contributed by atoms with Crippen LogP contribution in [0.1, 0.15) is 17.7 Å². The molecule has 0 aliphatic heterocycles. The van der Waals surface area contributed by atoms with Crippen molar-refractivity contribution in [2.75, 3.05) is 0 Å². The maximum absolute atomic E-state index is 5.36. The van der Waals surface area contributed by atoms with E-state index in [1.54, 1.807) is 12.3 Å². The van der Waals surface area contributed by atoms with Crippen LogP contribution in [-0.4, -0.2) is 0 Å². The Balaban J connectivity index is 2.48. The Kier molecular flexibility index (Phi) is 3.40. The topological polar surface area (TPSA) is 13.1 Å². The summed E-state index contributed by atoms with van der Waals surface area (Å²) in [6, 6.07) is 1.95. The molecule has 1 unspecified atom stereocenters. The first-order chi connectivity index (χ1) is 6.27. The van der Waals surface area contributed by atoms with E-state index in [9.17, 15) is 0 Å². The zero-order chi connectivity index (χ0) is 9.68. The molecule has 1 heterocycles. The SMILES string of the molecule is [CH]=CC(C#C)CCc1occc1C. The van der Waals surface area contributed by atoms with E-state index in [1.165, 1.54) is 5.56 Å². The molecule has 0 N–H and O–H groups in total. The Bertz CT molecular complexity index is 314. The predicted octanol–water partition coefficient (Wildman–Crippen LogP) is 2.76. The third-order valence-corrected chi connectivity index (χ3v) is 2.10. The summed E-state index contributed by atoms with van der Waals surface area (Å²) in [5, 5.41) is 0. The summed E-state index contributed by atoms with van der Waals surface area (Å²) in [5.41, 5.74) is 1.17. The first-order valence-corrected chi connectivity index (χ1v) is 4.32. The van der Waals surface area contributed by atoms with E-state index in [4.69, 9.17) is 17.4 Å². The molecule has 0 amide bonds. The lowest BCUT2D eigenvalue weighted by molar-refractivity contribution is 0.492. The predicted molar refractivity (Wildman–Crippen MR) is 53.0 cm³/mol. The van der Waals surface area contributed by atoms with E-state index in [0.717, 1.165) is 18.6 Å². The molecule has 0 aromatic carbocycles. The molecule has 1 heteroatoms. The first-order valence-electron chi connectivity index (χ1n) is 4.32. The van der Waals surface area contributed by atoms with Crippen molar-refractivity contribution < 1.29 is 4.42 Å². The molecule has 1 radical (unpaired) electrons. The van der Waals surface area contributed by atoms with Gasteiger partial charge < -0.3 is 4.42 Å². The summed E-state index contributed by atoms with van der Waals surface area (Å²) >= 11 is 0. The number of allylic oxidation sites excluding steroid dienone is 1. The van der Waals surface area contributed by atoms with Gasteiger partial charge in [0.05, 0.1) is 6.26 Å². The standard InChI is InChI=1S/C12H13O/c1-4-11(5-2)6-7-12-10(3)8-9-13-12/h1-2,4,8-9,11H,6-7H2,3H3. The summed E-state index contributed by atoms with van der Waals surface area (Å²) in [4.78, 5) is 0. The van der Waals surface area contributed by atoms with Gasteiger partial charge in [-0.2, -0.15) is 0 Å². The van der Waals surface area contributed by atoms with Crippen LogP contribution in [0.2, 0.25) is 0 Å². The monoisotopic (exact) mass is 173 g/mol. The number of terminal acetylenes is 1. The van der Waals surface area contributed by atoms with Crippen molar-refractivity contribution >= 4 is 0 Å². The van der Waals surface area contributed by atoms with Gasteiger partial charge in [0, 0.05) is 12.3 Å². The van der Waals surface area contributed by atoms with Crippen molar-refractivity contribution in [2.24, 2.45) is 5.92 Å². The smallest absolute Gasteiger partial charge is 0.106 e. The molecule has 0 spiro atoms. The second-order valence-corrected chi connectivity index (χ2v) is 3.03. The number of hydrogen-bond acceptors (Lipinski definition) is 1. The van der Waals surface area contributed by atoms with Crippen LogP contribution in [0.5, 0.6) is 0 Å². The number of aryl methyl sites for hydroxylation is 2. The van der Waals surface area contributed by atoms with Crippen molar-refractivity contribution in [1.29, 1.82) is 0 Å². The molecule has 1 aromatic heterocycles. The Hall–Kier alpha value is -1.42. The van der Waals surface area contributed by atoms with Crippen LogP contribution >= 0.6 is 0 Å². The Morgan fingerprint density at radius 3 is 2.92 bits per heavy atom.